The molecule has 2 N–H and O–H groups in total. The molecule has 2 amide bonds. The van der Waals surface area contributed by atoms with Crippen molar-refractivity contribution < 1.29 is 14.4 Å². The van der Waals surface area contributed by atoms with Crippen LogP contribution in [0.4, 0.5) is 5.13 Å². The third-order valence-corrected chi connectivity index (χ3v) is 11.6. The Hall–Kier alpha value is -4.15. The van der Waals surface area contributed by atoms with Gasteiger partial charge in [-0.2, -0.15) is 0 Å². The van der Waals surface area contributed by atoms with E-state index < -0.39 is 22.6 Å². The topological polar surface area (TPSA) is 94.6 Å². The van der Waals surface area contributed by atoms with Crippen molar-refractivity contribution in [1.82, 2.24) is 20.5 Å². The number of piperazine rings is 1. The van der Waals surface area contributed by atoms with Gasteiger partial charge in [0.2, 0.25) is 5.91 Å². The zero-order chi connectivity index (χ0) is 30.0. The number of benzene rings is 3. The number of thiazole rings is 1. The zero-order valence-corrected chi connectivity index (χ0v) is 25.8. The lowest BCUT2D eigenvalue weighted by Gasteiger charge is -2.51. The summed E-state index contributed by atoms with van der Waals surface area (Å²) in [5, 5.41) is 8.84. The molecule has 0 spiro atoms. The molecule has 0 radical (unpaired) electrons. The lowest BCUT2D eigenvalue weighted by atomic mass is 9.52. The summed E-state index contributed by atoms with van der Waals surface area (Å²) in [6.45, 7) is 4.19. The Morgan fingerprint density at radius 2 is 1.52 bits per heavy atom. The number of nitrogens with zero attached hydrogens (tertiary/aromatic N) is 3. The summed E-state index contributed by atoms with van der Waals surface area (Å²) in [6, 6.07) is 25.0. The van der Waals surface area contributed by atoms with Gasteiger partial charge < -0.3 is 20.4 Å². The second kappa shape index (κ2) is 10.5. The van der Waals surface area contributed by atoms with E-state index in [2.05, 4.69) is 77.1 Å². The van der Waals surface area contributed by atoms with E-state index in [4.69, 9.17) is 4.98 Å². The highest BCUT2D eigenvalue weighted by atomic mass is 32.2. The highest BCUT2D eigenvalue weighted by Gasteiger charge is 2.54. The van der Waals surface area contributed by atoms with Gasteiger partial charge in [0, 0.05) is 43.4 Å². The normalized spacial score (nSPS) is 25.2. The molecule has 2 unspecified atom stereocenters. The van der Waals surface area contributed by atoms with Gasteiger partial charge in [-0.05, 0) is 47.7 Å². The third kappa shape index (κ3) is 4.34. The lowest BCUT2D eigenvalue weighted by Crippen LogP contribution is -2.54. The first kappa shape index (κ1) is 27.4. The molecule has 8 nitrogen and oxygen atoms in total. The zero-order valence-electron chi connectivity index (χ0n) is 24.2. The molecule has 2 aliphatic heterocycles. The van der Waals surface area contributed by atoms with Gasteiger partial charge in [0.15, 0.2) is 10.6 Å². The highest BCUT2D eigenvalue weighted by Crippen LogP contribution is 2.61. The third-order valence-electron chi connectivity index (χ3n) is 9.58. The molecule has 1 fully saturated rings. The summed E-state index contributed by atoms with van der Waals surface area (Å²) in [5.74, 6) is -1.04. The molecule has 2 bridgehead atoms. The van der Waals surface area contributed by atoms with Gasteiger partial charge in [-0.25, -0.2) is 4.98 Å². The van der Waals surface area contributed by atoms with Crippen LogP contribution in [0.25, 0.3) is 10.2 Å². The molecule has 9 rings (SSSR count). The van der Waals surface area contributed by atoms with Crippen LogP contribution in [0.1, 0.15) is 47.4 Å². The van der Waals surface area contributed by atoms with Crippen LogP contribution >= 0.6 is 23.1 Å². The maximum Gasteiger partial charge on any atom is 0.296 e. The van der Waals surface area contributed by atoms with Gasteiger partial charge in [0.25, 0.3) is 11.7 Å². The number of hydrogen-bond donors (Lipinski definition) is 2. The molecule has 222 valence electrons. The first-order chi connectivity index (χ1) is 21.4. The Morgan fingerprint density at radius 1 is 0.886 bits per heavy atom. The van der Waals surface area contributed by atoms with Crippen LogP contribution in [0, 0.1) is 5.41 Å². The SMILES string of the molecule is CC1(C(=O)NC2NC(C(=O)C(=O)N3CCN(c4nc5ccccc5s4)CC3)=CS2)CC2c3ccccc3C1c1ccccc12. The van der Waals surface area contributed by atoms with Crippen molar-refractivity contribution >= 4 is 56.0 Å². The number of fused-ring (bicyclic) bond motifs is 2. The van der Waals surface area contributed by atoms with Gasteiger partial charge in [0.05, 0.1) is 21.3 Å². The molecule has 2 atom stereocenters. The number of amides is 2. The van der Waals surface area contributed by atoms with Crippen molar-refractivity contribution in [3.05, 3.63) is 106 Å². The maximum absolute atomic E-state index is 14.0. The van der Waals surface area contributed by atoms with Gasteiger partial charge in [-0.3, -0.25) is 14.4 Å². The summed E-state index contributed by atoms with van der Waals surface area (Å²) < 4.78 is 1.13. The minimum Gasteiger partial charge on any atom is -0.353 e. The van der Waals surface area contributed by atoms with E-state index in [0.717, 1.165) is 21.8 Å². The molecule has 44 heavy (non-hydrogen) atoms. The second-order valence-electron chi connectivity index (χ2n) is 12.1. The Bertz CT molecular complexity index is 1780. The number of anilines is 1. The van der Waals surface area contributed by atoms with Crippen molar-refractivity contribution in [3.63, 3.8) is 0 Å². The van der Waals surface area contributed by atoms with E-state index >= 15 is 0 Å². The number of rotatable bonds is 5. The fraction of sp³-hybridized carbons (Fsp3) is 0.294. The average molecular weight is 622 g/mol. The number of Topliss-reactive ketones (excluding diaryl/α,β-unsaturated/α-hetero) is 1. The van der Waals surface area contributed by atoms with Gasteiger partial charge in [-0.1, -0.05) is 83.8 Å². The molecule has 3 heterocycles. The van der Waals surface area contributed by atoms with Crippen LogP contribution in [0.5, 0.6) is 0 Å². The van der Waals surface area contributed by atoms with Crippen molar-refractivity contribution in [1.29, 1.82) is 0 Å². The number of thioether (sulfide) groups is 1. The number of hydrogen-bond acceptors (Lipinski definition) is 8. The minimum absolute atomic E-state index is 0.0524. The number of ketones is 1. The van der Waals surface area contributed by atoms with Crippen molar-refractivity contribution in [2.45, 2.75) is 30.7 Å². The molecule has 1 aromatic heterocycles. The summed E-state index contributed by atoms with van der Waals surface area (Å²) >= 11 is 2.95. The van der Waals surface area contributed by atoms with Crippen LogP contribution in [-0.4, -0.2) is 59.2 Å². The monoisotopic (exact) mass is 621 g/mol. The van der Waals surface area contributed by atoms with Crippen LogP contribution in [0.2, 0.25) is 0 Å². The maximum atomic E-state index is 14.0. The average Bonchev–Trinajstić information content (AvgIpc) is 3.72. The standard InChI is InChI=1S/C34H31N5O3S2/c1-34(18-24-20-8-2-4-10-22(20)28(34)23-11-5-3-9-21(23)24)31(42)37-32-35-26(19-43-32)29(40)30(41)38-14-16-39(17-15-38)33-36-25-12-6-7-13-27(25)44-33/h2-13,19,24,28,32,35H,14-18H2,1H3,(H,37,42). The number of aromatic nitrogens is 1. The quantitative estimate of drug-likeness (QED) is 0.310. The molecular formula is C34H31N5O3S2. The first-order valence-corrected chi connectivity index (χ1v) is 16.7. The predicted octanol–water partition coefficient (Wildman–Crippen LogP) is 4.78. The van der Waals surface area contributed by atoms with E-state index in [0.29, 0.717) is 26.2 Å². The molecule has 3 aromatic carbocycles. The van der Waals surface area contributed by atoms with Gasteiger partial charge >= 0.3 is 0 Å². The summed E-state index contributed by atoms with van der Waals surface area (Å²) in [5.41, 5.74) is 5.08. The number of para-hydroxylation sites is 1. The molecule has 4 aromatic rings. The van der Waals surface area contributed by atoms with E-state index in [1.165, 1.54) is 34.0 Å². The lowest BCUT2D eigenvalue weighted by molar-refractivity contribution is -0.143. The number of nitrogens with one attached hydrogen (secondary N) is 2. The van der Waals surface area contributed by atoms with E-state index in [9.17, 15) is 14.4 Å². The van der Waals surface area contributed by atoms with Crippen molar-refractivity contribution in [2.75, 3.05) is 31.1 Å². The summed E-state index contributed by atoms with van der Waals surface area (Å²) in [7, 11) is 0. The molecule has 3 aliphatic carbocycles. The number of carbonyl (C=O) groups excluding carboxylic acids is 3. The Morgan fingerprint density at radius 3 is 2.20 bits per heavy atom. The van der Waals surface area contributed by atoms with E-state index in [1.807, 2.05) is 18.2 Å². The van der Waals surface area contributed by atoms with E-state index in [-0.39, 0.29) is 23.4 Å². The van der Waals surface area contributed by atoms with Crippen LogP contribution in [0.15, 0.2) is 83.9 Å². The Labute approximate surface area is 263 Å². The van der Waals surface area contributed by atoms with Crippen molar-refractivity contribution in [2.24, 2.45) is 5.41 Å². The highest BCUT2D eigenvalue weighted by molar-refractivity contribution is 8.03. The van der Waals surface area contributed by atoms with E-state index in [1.54, 1.807) is 21.6 Å². The predicted molar refractivity (Wildman–Crippen MR) is 173 cm³/mol. The molecule has 10 heteroatoms. The Balaban J connectivity index is 0.906. The minimum atomic E-state index is -0.652. The second-order valence-corrected chi connectivity index (χ2v) is 14.1. The van der Waals surface area contributed by atoms with Gasteiger partial charge in [0.1, 0.15) is 0 Å². The molecule has 1 saturated heterocycles. The Kier molecular flexibility index (Phi) is 6.53. The summed E-state index contributed by atoms with van der Waals surface area (Å²) in [4.78, 5) is 48.9. The molecular weight excluding hydrogens is 591 g/mol. The largest absolute Gasteiger partial charge is 0.353 e. The van der Waals surface area contributed by atoms with Crippen LogP contribution in [0.3, 0.4) is 0 Å². The fourth-order valence-electron chi connectivity index (χ4n) is 7.36. The van der Waals surface area contributed by atoms with Gasteiger partial charge in [-0.15, -0.1) is 0 Å². The van der Waals surface area contributed by atoms with Crippen LogP contribution in [-0.2, 0) is 14.4 Å². The van der Waals surface area contributed by atoms with Crippen LogP contribution < -0.4 is 15.5 Å². The molecule has 5 aliphatic rings. The summed E-state index contributed by atoms with van der Waals surface area (Å²) in [6.07, 6.45) is 0.718. The number of carbonyl (C=O) groups is 3. The van der Waals surface area contributed by atoms with Crippen molar-refractivity contribution in [3.8, 4) is 0 Å². The fourth-order valence-corrected chi connectivity index (χ4v) is 9.20. The smallest absolute Gasteiger partial charge is 0.296 e. The molecule has 0 saturated carbocycles. The first-order valence-electron chi connectivity index (χ1n) is 15.0.